The van der Waals surface area contributed by atoms with E-state index in [1.165, 1.54) is 0 Å². The molecule has 0 bridgehead atoms. The van der Waals surface area contributed by atoms with Gasteiger partial charge in [-0.1, -0.05) is 17.3 Å². The number of fused-ring (bicyclic) bond motifs is 1. The molecule has 5 heteroatoms. The second kappa shape index (κ2) is 5.07. The molecular formula is C11H12ClN3O. The van der Waals surface area contributed by atoms with Gasteiger partial charge in [-0.15, -0.1) is 16.7 Å². The minimum absolute atomic E-state index is 0.135. The fourth-order valence-corrected chi connectivity index (χ4v) is 1.68. The second-order valence-electron chi connectivity index (χ2n) is 3.57. The van der Waals surface area contributed by atoms with Gasteiger partial charge < -0.3 is 0 Å². The summed E-state index contributed by atoms with van der Waals surface area (Å²) in [6.07, 6.45) is 1.21. The number of para-hydroxylation sites is 1. The molecule has 1 heterocycles. The van der Waals surface area contributed by atoms with Crippen LogP contribution in [0.4, 0.5) is 0 Å². The Bertz CT molecular complexity index is 495. The Morgan fingerprint density at radius 2 is 2.19 bits per heavy atom. The van der Waals surface area contributed by atoms with Crippen LogP contribution in [-0.2, 0) is 11.3 Å². The molecule has 4 nitrogen and oxygen atoms in total. The lowest BCUT2D eigenvalue weighted by atomic mass is 10.2. The largest absolute Gasteiger partial charge is 0.298 e. The normalized spacial score (nSPS) is 10.8. The third-order valence-corrected chi connectivity index (χ3v) is 2.60. The Labute approximate surface area is 98.2 Å². The van der Waals surface area contributed by atoms with Crippen LogP contribution in [0, 0.1) is 0 Å². The van der Waals surface area contributed by atoms with Crippen LogP contribution in [0.1, 0.15) is 12.8 Å². The van der Waals surface area contributed by atoms with Gasteiger partial charge in [0.15, 0.2) is 5.78 Å². The van der Waals surface area contributed by atoms with E-state index in [0.29, 0.717) is 18.7 Å². The SMILES string of the molecule is O=C(CCCCl)Cn1nnc2ccccc21. The highest BCUT2D eigenvalue weighted by molar-refractivity contribution is 6.17. The summed E-state index contributed by atoms with van der Waals surface area (Å²) in [6, 6.07) is 7.59. The van der Waals surface area contributed by atoms with Gasteiger partial charge in [-0.2, -0.15) is 0 Å². The molecule has 0 aliphatic carbocycles. The number of hydrogen-bond acceptors (Lipinski definition) is 3. The van der Waals surface area contributed by atoms with Crippen LogP contribution in [0.5, 0.6) is 0 Å². The molecule has 0 aliphatic heterocycles. The summed E-state index contributed by atoms with van der Waals surface area (Å²) in [5, 5.41) is 7.94. The first-order chi connectivity index (χ1) is 7.81. The van der Waals surface area contributed by atoms with Gasteiger partial charge in [-0.05, 0) is 18.6 Å². The van der Waals surface area contributed by atoms with Gasteiger partial charge in [0.1, 0.15) is 12.1 Å². The molecule has 84 valence electrons. The van der Waals surface area contributed by atoms with Crippen molar-refractivity contribution in [3.05, 3.63) is 24.3 Å². The molecule has 0 radical (unpaired) electrons. The predicted molar refractivity (Wildman–Crippen MR) is 62.5 cm³/mol. The van der Waals surface area contributed by atoms with E-state index in [9.17, 15) is 4.79 Å². The van der Waals surface area contributed by atoms with E-state index < -0.39 is 0 Å². The lowest BCUT2D eigenvalue weighted by Crippen LogP contribution is -2.11. The number of nitrogens with zero attached hydrogens (tertiary/aromatic N) is 3. The highest BCUT2D eigenvalue weighted by atomic mass is 35.5. The summed E-state index contributed by atoms with van der Waals surface area (Å²) in [5.41, 5.74) is 1.70. The van der Waals surface area contributed by atoms with Gasteiger partial charge in [0.2, 0.25) is 0 Å². The molecule has 1 aromatic heterocycles. The van der Waals surface area contributed by atoms with E-state index in [0.717, 1.165) is 11.0 Å². The number of alkyl halides is 1. The fourth-order valence-electron chi connectivity index (χ4n) is 1.54. The first kappa shape index (κ1) is 11.1. The molecule has 0 N–H and O–H groups in total. The van der Waals surface area contributed by atoms with E-state index in [1.807, 2.05) is 24.3 Å². The first-order valence-electron chi connectivity index (χ1n) is 5.17. The van der Waals surface area contributed by atoms with Crippen molar-refractivity contribution in [3.8, 4) is 0 Å². The van der Waals surface area contributed by atoms with Gasteiger partial charge >= 0.3 is 0 Å². The van der Waals surface area contributed by atoms with Crippen LogP contribution >= 0.6 is 11.6 Å². The Morgan fingerprint density at radius 1 is 1.38 bits per heavy atom. The Kier molecular flexibility index (Phi) is 3.51. The van der Waals surface area contributed by atoms with Crippen molar-refractivity contribution in [1.29, 1.82) is 0 Å². The number of hydrogen-bond donors (Lipinski definition) is 0. The van der Waals surface area contributed by atoms with Crippen LogP contribution in [0.2, 0.25) is 0 Å². The maximum Gasteiger partial charge on any atom is 0.154 e. The monoisotopic (exact) mass is 237 g/mol. The molecule has 2 aromatic rings. The molecule has 16 heavy (non-hydrogen) atoms. The van der Waals surface area contributed by atoms with Gasteiger partial charge in [-0.25, -0.2) is 4.68 Å². The number of carbonyl (C=O) groups excluding carboxylic acids is 1. The average Bonchev–Trinajstić information content (AvgIpc) is 2.70. The molecule has 0 unspecified atom stereocenters. The average molecular weight is 238 g/mol. The minimum Gasteiger partial charge on any atom is -0.298 e. The highest BCUT2D eigenvalue weighted by Crippen LogP contribution is 2.10. The third kappa shape index (κ3) is 2.39. The molecule has 0 aliphatic rings. The van der Waals surface area contributed by atoms with Gasteiger partial charge in [-0.3, -0.25) is 4.79 Å². The first-order valence-corrected chi connectivity index (χ1v) is 5.70. The summed E-state index contributed by atoms with van der Waals surface area (Å²) in [5.74, 6) is 0.653. The summed E-state index contributed by atoms with van der Waals surface area (Å²) in [6.45, 7) is 0.275. The molecule has 0 saturated carbocycles. The summed E-state index contributed by atoms with van der Waals surface area (Å²) >= 11 is 5.54. The standard InChI is InChI=1S/C11H12ClN3O/c12-7-3-4-9(16)8-15-11-6-2-1-5-10(11)13-14-15/h1-2,5-6H,3-4,7-8H2. The van der Waals surface area contributed by atoms with Crippen molar-refractivity contribution in [1.82, 2.24) is 15.0 Å². The molecule has 2 rings (SSSR count). The Morgan fingerprint density at radius 3 is 3.00 bits per heavy atom. The maximum absolute atomic E-state index is 11.6. The zero-order chi connectivity index (χ0) is 11.4. The number of ketones is 1. The van der Waals surface area contributed by atoms with E-state index >= 15 is 0 Å². The van der Waals surface area contributed by atoms with Crippen LogP contribution in [0.3, 0.4) is 0 Å². The highest BCUT2D eigenvalue weighted by Gasteiger charge is 2.07. The van der Waals surface area contributed by atoms with Gasteiger partial charge in [0.25, 0.3) is 0 Å². The van der Waals surface area contributed by atoms with Crippen molar-refractivity contribution >= 4 is 28.4 Å². The zero-order valence-electron chi connectivity index (χ0n) is 8.77. The number of Topliss-reactive ketones (excluding diaryl/α,β-unsaturated/α-hetero) is 1. The summed E-state index contributed by atoms with van der Waals surface area (Å²) < 4.78 is 1.63. The van der Waals surface area contributed by atoms with Gasteiger partial charge in [0.05, 0.1) is 5.52 Å². The molecule has 0 atom stereocenters. The second-order valence-corrected chi connectivity index (χ2v) is 3.94. The van der Waals surface area contributed by atoms with E-state index in [2.05, 4.69) is 10.3 Å². The minimum atomic E-state index is 0.135. The Balaban J connectivity index is 2.12. The van der Waals surface area contributed by atoms with Crippen LogP contribution in [0.25, 0.3) is 11.0 Å². The van der Waals surface area contributed by atoms with E-state index in [-0.39, 0.29) is 12.3 Å². The molecule has 1 aromatic carbocycles. The zero-order valence-corrected chi connectivity index (χ0v) is 9.52. The topological polar surface area (TPSA) is 47.8 Å². The maximum atomic E-state index is 11.6. The molecule has 0 saturated heterocycles. The van der Waals surface area contributed by atoms with Crippen molar-refractivity contribution in [3.63, 3.8) is 0 Å². The summed E-state index contributed by atoms with van der Waals surface area (Å²) in [4.78, 5) is 11.6. The van der Waals surface area contributed by atoms with Gasteiger partial charge in [0, 0.05) is 12.3 Å². The van der Waals surface area contributed by atoms with Crippen LogP contribution in [0.15, 0.2) is 24.3 Å². The van der Waals surface area contributed by atoms with Crippen molar-refractivity contribution in [2.45, 2.75) is 19.4 Å². The van der Waals surface area contributed by atoms with E-state index in [1.54, 1.807) is 4.68 Å². The van der Waals surface area contributed by atoms with Crippen LogP contribution in [-0.4, -0.2) is 26.7 Å². The third-order valence-electron chi connectivity index (χ3n) is 2.34. The smallest absolute Gasteiger partial charge is 0.154 e. The number of rotatable bonds is 5. The van der Waals surface area contributed by atoms with Crippen molar-refractivity contribution in [2.24, 2.45) is 0 Å². The van der Waals surface area contributed by atoms with E-state index in [4.69, 9.17) is 11.6 Å². The summed E-state index contributed by atoms with van der Waals surface area (Å²) in [7, 11) is 0. The molecule has 0 amide bonds. The Hall–Kier alpha value is -1.42. The quantitative estimate of drug-likeness (QED) is 0.748. The molecular weight excluding hydrogens is 226 g/mol. The number of benzene rings is 1. The lowest BCUT2D eigenvalue weighted by molar-refractivity contribution is -0.119. The number of aromatic nitrogens is 3. The number of carbonyl (C=O) groups is 1. The van der Waals surface area contributed by atoms with Crippen LogP contribution < -0.4 is 0 Å². The fraction of sp³-hybridized carbons (Fsp3) is 0.364. The molecule has 0 fully saturated rings. The van der Waals surface area contributed by atoms with Crippen molar-refractivity contribution in [2.75, 3.05) is 5.88 Å². The predicted octanol–water partition coefficient (Wildman–Crippen LogP) is 2.02. The van der Waals surface area contributed by atoms with Crippen molar-refractivity contribution < 1.29 is 4.79 Å². The molecule has 0 spiro atoms. The number of halogens is 1. The lowest BCUT2D eigenvalue weighted by Gasteiger charge is -2.00.